The quantitative estimate of drug-likeness (QED) is 0.668. The van der Waals surface area contributed by atoms with E-state index in [2.05, 4.69) is 10.3 Å². The Hall–Kier alpha value is -1.77. The summed E-state index contributed by atoms with van der Waals surface area (Å²) in [6, 6.07) is 7.67. The summed E-state index contributed by atoms with van der Waals surface area (Å²) in [5.41, 5.74) is 1.01. The normalized spacial score (nSPS) is 13.8. The van der Waals surface area contributed by atoms with Crippen LogP contribution in [0.5, 0.6) is 5.75 Å². The summed E-state index contributed by atoms with van der Waals surface area (Å²) >= 11 is 0. The SMILES string of the molecule is COc1ccc(C2=NC=C[N]2)cc1. The number of hydrogen-bond acceptors (Lipinski definition) is 2. The molecule has 1 aromatic rings. The Kier molecular flexibility index (Phi) is 2.00. The molecular weight excluding hydrogens is 164 g/mol. The fourth-order valence-electron chi connectivity index (χ4n) is 1.13. The number of aliphatic imine (C=N–C) groups is 1. The van der Waals surface area contributed by atoms with Crippen molar-refractivity contribution in [2.45, 2.75) is 0 Å². The number of rotatable bonds is 2. The van der Waals surface area contributed by atoms with Gasteiger partial charge in [-0.3, -0.25) is 0 Å². The summed E-state index contributed by atoms with van der Waals surface area (Å²) in [5.74, 6) is 1.60. The molecule has 1 aromatic carbocycles. The van der Waals surface area contributed by atoms with E-state index in [1.54, 1.807) is 19.5 Å². The minimum Gasteiger partial charge on any atom is -0.497 e. The van der Waals surface area contributed by atoms with Gasteiger partial charge < -0.3 is 4.74 Å². The van der Waals surface area contributed by atoms with Gasteiger partial charge in [0.25, 0.3) is 0 Å². The summed E-state index contributed by atoms with van der Waals surface area (Å²) in [6.45, 7) is 0. The average molecular weight is 173 g/mol. The Morgan fingerprint density at radius 1 is 1.08 bits per heavy atom. The number of hydrogen-bond donors (Lipinski definition) is 0. The van der Waals surface area contributed by atoms with Gasteiger partial charge in [-0.25, -0.2) is 10.3 Å². The van der Waals surface area contributed by atoms with E-state index in [-0.39, 0.29) is 0 Å². The van der Waals surface area contributed by atoms with E-state index in [1.165, 1.54) is 0 Å². The van der Waals surface area contributed by atoms with E-state index < -0.39 is 0 Å². The molecule has 0 amide bonds. The standard InChI is InChI=1S/C10H9N2O/c1-13-9-4-2-8(3-5-9)10-11-6-7-12-10/h2-7H,1H3. The maximum atomic E-state index is 5.05. The first-order chi connectivity index (χ1) is 6.40. The van der Waals surface area contributed by atoms with Crippen molar-refractivity contribution in [1.82, 2.24) is 5.32 Å². The van der Waals surface area contributed by atoms with Gasteiger partial charge in [-0.2, -0.15) is 0 Å². The van der Waals surface area contributed by atoms with Crippen LogP contribution in [0.1, 0.15) is 5.56 Å². The Morgan fingerprint density at radius 3 is 2.38 bits per heavy atom. The van der Waals surface area contributed by atoms with Crippen LogP contribution < -0.4 is 10.1 Å². The molecule has 0 unspecified atom stereocenters. The minimum absolute atomic E-state index is 0.752. The van der Waals surface area contributed by atoms with E-state index >= 15 is 0 Å². The van der Waals surface area contributed by atoms with E-state index in [0.29, 0.717) is 0 Å². The highest BCUT2D eigenvalue weighted by Gasteiger charge is 2.05. The fourth-order valence-corrected chi connectivity index (χ4v) is 1.13. The zero-order chi connectivity index (χ0) is 9.10. The maximum absolute atomic E-state index is 5.05. The van der Waals surface area contributed by atoms with Crippen molar-refractivity contribution in [3.8, 4) is 5.75 Å². The molecule has 0 atom stereocenters. The van der Waals surface area contributed by atoms with Gasteiger partial charge >= 0.3 is 0 Å². The van der Waals surface area contributed by atoms with Crippen LogP contribution in [0.2, 0.25) is 0 Å². The first-order valence-electron chi connectivity index (χ1n) is 3.98. The molecular formula is C10H9N2O. The Morgan fingerprint density at radius 2 is 1.85 bits per heavy atom. The minimum atomic E-state index is 0.752. The molecule has 1 aliphatic rings. The number of methoxy groups -OCH3 is 1. The van der Waals surface area contributed by atoms with Crippen LogP contribution in [0.25, 0.3) is 0 Å². The van der Waals surface area contributed by atoms with Crippen LogP contribution in [0.4, 0.5) is 0 Å². The molecule has 0 aliphatic carbocycles. The first-order valence-corrected chi connectivity index (χ1v) is 3.98. The molecule has 1 radical (unpaired) electrons. The first kappa shape index (κ1) is 7.86. The topological polar surface area (TPSA) is 35.7 Å². The lowest BCUT2D eigenvalue weighted by atomic mass is 10.2. The summed E-state index contributed by atoms with van der Waals surface area (Å²) < 4.78 is 5.05. The highest BCUT2D eigenvalue weighted by molar-refractivity contribution is 6.00. The van der Waals surface area contributed by atoms with Crippen molar-refractivity contribution in [3.63, 3.8) is 0 Å². The highest BCUT2D eigenvalue weighted by atomic mass is 16.5. The van der Waals surface area contributed by atoms with Crippen molar-refractivity contribution in [1.29, 1.82) is 0 Å². The van der Waals surface area contributed by atoms with Crippen LogP contribution in [0.15, 0.2) is 41.7 Å². The van der Waals surface area contributed by atoms with Crippen LogP contribution in [-0.4, -0.2) is 12.9 Å². The van der Waals surface area contributed by atoms with E-state index in [1.807, 2.05) is 24.3 Å². The summed E-state index contributed by atoms with van der Waals surface area (Å²) in [7, 11) is 1.65. The molecule has 0 spiro atoms. The van der Waals surface area contributed by atoms with Gasteiger partial charge in [0.05, 0.1) is 7.11 Å². The smallest absolute Gasteiger partial charge is 0.159 e. The van der Waals surface area contributed by atoms with Crippen molar-refractivity contribution in [2.75, 3.05) is 7.11 Å². The van der Waals surface area contributed by atoms with Crippen LogP contribution >= 0.6 is 0 Å². The second-order valence-corrected chi connectivity index (χ2v) is 2.61. The molecule has 0 saturated carbocycles. The van der Waals surface area contributed by atoms with Crippen LogP contribution in [0, 0.1) is 0 Å². The Labute approximate surface area is 76.8 Å². The van der Waals surface area contributed by atoms with Crippen molar-refractivity contribution >= 4 is 5.84 Å². The molecule has 65 valence electrons. The molecule has 3 nitrogen and oxygen atoms in total. The van der Waals surface area contributed by atoms with Gasteiger partial charge in [0.2, 0.25) is 0 Å². The third-order valence-corrected chi connectivity index (χ3v) is 1.81. The second kappa shape index (κ2) is 3.31. The third kappa shape index (κ3) is 1.54. The van der Waals surface area contributed by atoms with Gasteiger partial charge in [-0.05, 0) is 24.3 Å². The number of ether oxygens (including phenoxy) is 1. The van der Waals surface area contributed by atoms with E-state index in [0.717, 1.165) is 17.1 Å². The van der Waals surface area contributed by atoms with Gasteiger partial charge in [0, 0.05) is 18.0 Å². The number of nitrogens with zero attached hydrogens (tertiary/aromatic N) is 2. The lowest BCUT2D eigenvalue weighted by molar-refractivity contribution is 0.415. The third-order valence-electron chi connectivity index (χ3n) is 1.81. The Balaban J connectivity index is 2.23. The van der Waals surface area contributed by atoms with E-state index in [9.17, 15) is 0 Å². The molecule has 0 N–H and O–H groups in total. The molecule has 1 heterocycles. The predicted octanol–water partition coefficient (Wildman–Crippen LogP) is 1.53. The van der Waals surface area contributed by atoms with Crippen molar-refractivity contribution in [3.05, 3.63) is 42.2 Å². The summed E-state index contributed by atoms with van der Waals surface area (Å²) in [4.78, 5) is 4.09. The fraction of sp³-hybridized carbons (Fsp3) is 0.100. The molecule has 3 heteroatoms. The lowest BCUT2D eigenvalue weighted by Crippen LogP contribution is -2.07. The lowest BCUT2D eigenvalue weighted by Gasteiger charge is -2.01. The summed E-state index contributed by atoms with van der Waals surface area (Å²) in [6.07, 6.45) is 3.36. The molecule has 0 aromatic heterocycles. The van der Waals surface area contributed by atoms with Crippen molar-refractivity contribution in [2.24, 2.45) is 4.99 Å². The largest absolute Gasteiger partial charge is 0.497 e. The van der Waals surface area contributed by atoms with Gasteiger partial charge in [0.1, 0.15) is 5.75 Å². The Bertz CT molecular complexity index is 352. The molecule has 0 bridgehead atoms. The number of benzene rings is 1. The predicted molar refractivity (Wildman–Crippen MR) is 50.8 cm³/mol. The zero-order valence-corrected chi connectivity index (χ0v) is 7.27. The van der Waals surface area contributed by atoms with E-state index in [4.69, 9.17) is 4.74 Å². The second-order valence-electron chi connectivity index (χ2n) is 2.61. The summed E-state index contributed by atoms with van der Waals surface area (Å²) in [5, 5.41) is 4.09. The molecule has 1 aliphatic heterocycles. The molecule has 2 rings (SSSR count). The zero-order valence-electron chi connectivity index (χ0n) is 7.27. The highest BCUT2D eigenvalue weighted by Crippen LogP contribution is 2.12. The van der Waals surface area contributed by atoms with Crippen LogP contribution in [-0.2, 0) is 0 Å². The van der Waals surface area contributed by atoms with Gasteiger partial charge in [-0.15, -0.1) is 0 Å². The molecule has 13 heavy (non-hydrogen) atoms. The maximum Gasteiger partial charge on any atom is 0.159 e. The van der Waals surface area contributed by atoms with Gasteiger partial charge in [0.15, 0.2) is 5.84 Å². The monoisotopic (exact) mass is 173 g/mol. The average Bonchev–Trinajstić information content (AvgIpc) is 2.71. The van der Waals surface area contributed by atoms with Gasteiger partial charge in [-0.1, -0.05) is 0 Å². The molecule has 0 saturated heterocycles. The number of amidine groups is 1. The molecule has 0 fully saturated rings. The van der Waals surface area contributed by atoms with Crippen LogP contribution in [0.3, 0.4) is 0 Å². The van der Waals surface area contributed by atoms with Crippen molar-refractivity contribution < 1.29 is 4.74 Å².